The summed E-state index contributed by atoms with van der Waals surface area (Å²) in [6.45, 7) is 12.0. The number of hydrogen-bond acceptors (Lipinski definition) is 12. The van der Waals surface area contributed by atoms with Gasteiger partial charge in [-0.05, 0) is 60.8 Å². The Labute approximate surface area is 321 Å². The fourth-order valence-electron chi connectivity index (χ4n) is 4.78. The number of aliphatic carboxylic acids is 1. The van der Waals surface area contributed by atoms with E-state index in [1.54, 1.807) is 20.8 Å². The molecular formula is C38H69N3O13. The van der Waals surface area contributed by atoms with Gasteiger partial charge in [-0.2, -0.15) is 0 Å². The van der Waals surface area contributed by atoms with Crippen LogP contribution in [0, 0.1) is 0 Å². The van der Waals surface area contributed by atoms with Crippen molar-refractivity contribution >= 4 is 35.6 Å². The first-order valence-corrected chi connectivity index (χ1v) is 19.3. The van der Waals surface area contributed by atoms with Gasteiger partial charge in [0.25, 0.3) is 0 Å². The van der Waals surface area contributed by atoms with E-state index in [0.29, 0.717) is 12.8 Å². The third-order valence-electron chi connectivity index (χ3n) is 7.23. The van der Waals surface area contributed by atoms with Gasteiger partial charge < -0.3 is 49.5 Å². The molecule has 0 unspecified atom stereocenters. The lowest BCUT2D eigenvalue weighted by molar-refractivity contribution is -0.159. The molecule has 0 spiro atoms. The van der Waals surface area contributed by atoms with Crippen LogP contribution >= 0.6 is 0 Å². The molecule has 0 rings (SSSR count). The minimum absolute atomic E-state index is 0.00690. The fraction of sp³-hybridized carbons (Fsp3) is 0.842. The monoisotopic (exact) mass is 775 g/mol. The van der Waals surface area contributed by atoms with Gasteiger partial charge in [0.2, 0.25) is 17.7 Å². The maximum Gasteiger partial charge on any atom is 0.329 e. The molecule has 0 aliphatic heterocycles. The van der Waals surface area contributed by atoms with Gasteiger partial charge >= 0.3 is 17.9 Å². The van der Waals surface area contributed by atoms with Crippen molar-refractivity contribution in [3.05, 3.63) is 0 Å². The first-order chi connectivity index (χ1) is 25.5. The van der Waals surface area contributed by atoms with Crippen molar-refractivity contribution in [3.63, 3.8) is 0 Å². The van der Waals surface area contributed by atoms with Gasteiger partial charge in [-0.25, -0.2) is 9.59 Å². The molecule has 4 N–H and O–H groups in total. The van der Waals surface area contributed by atoms with Crippen LogP contribution in [0.3, 0.4) is 0 Å². The lowest BCUT2D eigenvalue weighted by Crippen LogP contribution is -2.44. The summed E-state index contributed by atoms with van der Waals surface area (Å²) < 4.78 is 31.5. The Bertz CT molecular complexity index is 1070. The highest BCUT2D eigenvalue weighted by Crippen LogP contribution is 2.15. The number of amides is 3. The molecule has 0 aliphatic carbocycles. The maximum atomic E-state index is 12.8. The van der Waals surface area contributed by atoms with Crippen molar-refractivity contribution in [2.45, 2.75) is 142 Å². The van der Waals surface area contributed by atoms with E-state index in [2.05, 4.69) is 16.0 Å². The predicted octanol–water partition coefficient (Wildman–Crippen LogP) is 3.61. The second-order valence-electron chi connectivity index (χ2n) is 14.9. The van der Waals surface area contributed by atoms with Crippen molar-refractivity contribution < 1.29 is 62.3 Å². The third-order valence-corrected chi connectivity index (χ3v) is 7.23. The summed E-state index contributed by atoms with van der Waals surface area (Å²) in [5.41, 5.74) is -1.19. The van der Waals surface area contributed by atoms with Crippen molar-refractivity contribution in [1.29, 1.82) is 0 Å². The summed E-state index contributed by atoms with van der Waals surface area (Å²) >= 11 is 0. The highest BCUT2D eigenvalue weighted by molar-refractivity contribution is 5.85. The number of nitrogens with one attached hydrogen (secondary N) is 3. The Kier molecular flexibility index (Phi) is 29.0. The molecule has 1 atom stereocenters. The minimum atomic E-state index is -1.05. The summed E-state index contributed by atoms with van der Waals surface area (Å²) in [5.74, 6) is -2.65. The molecule has 0 aromatic heterocycles. The van der Waals surface area contributed by atoms with Crippen LogP contribution in [-0.2, 0) is 57.2 Å². The zero-order valence-corrected chi connectivity index (χ0v) is 33.7. The van der Waals surface area contributed by atoms with Gasteiger partial charge in [-0.15, -0.1) is 0 Å². The van der Waals surface area contributed by atoms with Crippen LogP contribution in [0.2, 0.25) is 0 Å². The molecule has 16 heteroatoms. The maximum absolute atomic E-state index is 12.8. The normalized spacial score (nSPS) is 12.1. The molecule has 0 saturated carbocycles. The fourth-order valence-corrected chi connectivity index (χ4v) is 4.78. The molecule has 16 nitrogen and oxygen atoms in total. The van der Waals surface area contributed by atoms with E-state index < -0.39 is 29.2 Å². The van der Waals surface area contributed by atoms with Gasteiger partial charge in [-0.3, -0.25) is 19.2 Å². The van der Waals surface area contributed by atoms with E-state index in [-0.39, 0.29) is 109 Å². The molecule has 314 valence electrons. The molecule has 0 heterocycles. The zero-order valence-electron chi connectivity index (χ0n) is 33.7. The first-order valence-electron chi connectivity index (χ1n) is 19.3. The number of hydrogen-bond donors (Lipinski definition) is 4. The molecule has 0 bridgehead atoms. The number of carbonyl (C=O) groups is 6. The van der Waals surface area contributed by atoms with E-state index in [4.69, 9.17) is 33.5 Å². The number of ether oxygens (including phenoxy) is 6. The minimum Gasteiger partial charge on any atom is -0.480 e. The smallest absolute Gasteiger partial charge is 0.329 e. The number of carboxylic acid groups (broad SMARTS) is 1. The molecule has 0 aromatic carbocycles. The largest absolute Gasteiger partial charge is 0.480 e. The summed E-state index contributed by atoms with van der Waals surface area (Å²) in [6.07, 6.45) is 9.70. The average molecular weight is 776 g/mol. The van der Waals surface area contributed by atoms with E-state index in [1.807, 2.05) is 20.8 Å². The van der Waals surface area contributed by atoms with Gasteiger partial charge in [0.05, 0.1) is 39.6 Å². The highest BCUT2D eigenvalue weighted by atomic mass is 16.6. The molecule has 0 saturated heterocycles. The van der Waals surface area contributed by atoms with Crippen molar-refractivity contribution in [1.82, 2.24) is 16.0 Å². The van der Waals surface area contributed by atoms with Crippen LogP contribution in [0.4, 0.5) is 0 Å². The van der Waals surface area contributed by atoms with Crippen LogP contribution in [0.15, 0.2) is 0 Å². The lowest BCUT2D eigenvalue weighted by atomic mass is 10.1. The Balaban J connectivity index is 4.09. The Morgan fingerprint density at radius 2 is 0.981 bits per heavy atom. The van der Waals surface area contributed by atoms with Crippen LogP contribution < -0.4 is 16.0 Å². The van der Waals surface area contributed by atoms with Crippen LogP contribution in [0.25, 0.3) is 0 Å². The van der Waals surface area contributed by atoms with Gasteiger partial charge in [0, 0.05) is 32.4 Å². The summed E-state index contributed by atoms with van der Waals surface area (Å²) in [5, 5.41) is 16.6. The quantitative estimate of drug-likeness (QED) is 0.0555. The number of rotatable bonds is 33. The van der Waals surface area contributed by atoms with E-state index in [9.17, 15) is 28.8 Å². The van der Waals surface area contributed by atoms with Crippen LogP contribution in [0.1, 0.15) is 125 Å². The predicted molar refractivity (Wildman–Crippen MR) is 201 cm³/mol. The number of carboxylic acids is 1. The Morgan fingerprint density at radius 3 is 1.50 bits per heavy atom. The summed E-state index contributed by atoms with van der Waals surface area (Å²) in [7, 11) is 0. The van der Waals surface area contributed by atoms with E-state index >= 15 is 0 Å². The average Bonchev–Trinajstić information content (AvgIpc) is 3.06. The van der Waals surface area contributed by atoms with Crippen LogP contribution in [-0.4, -0.2) is 124 Å². The van der Waals surface area contributed by atoms with Crippen molar-refractivity contribution in [2.24, 2.45) is 0 Å². The van der Waals surface area contributed by atoms with Gasteiger partial charge in [0.15, 0.2) is 0 Å². The van der Waals surface area contributed by atoms with E-state index in [1.165, 1.54) is 0 Å². The molecule has 3 amide bonds. The Hall–Kier alpha value is -3.34. The molecular weight excluding hydrogens is 706 g/mol. The molecule has 0 aliphatic rings. The number of esters is 2. The Morgan fingerprint density at radius 1 is 0.519 bits per heavy atom. The molecule has 0 fully saturated rings. The highest BCUT2D eigenvalue weighted by Gasteiger charge is 2.27. The second kappa shape index (κ2) is 30.9. The first kappa shape index (κ1) is 50.7. The van der Waals surface area contributed by atoms with Gasteiger partial charge in [-0.1, -0.05) is 44.9 Å². The summed E-state index contributed by atoms with van der Waals surface area (Å²) in [4.78, 5) is 71.8. The van der Waals surface area contributed by atoms with Gasteiger partial charge in [0.1, 0.15) is 30.5 Å². The topological polar surface area (TPSA) is 214 Å². The number of carbonyl (C=O) groups excluding carboxylic acids is 5. The van der Waals surface area contributed by atoms with Crippen LogP contribution in [0.5, 0.6) is 0 Å². The van der Waals surface area contributed by atoms with Crippen molar-refractivity contribution in [3.8, 4) is 0 Å². The summed E-state index contributed by atoms with van der Waals surface area (Å²) in [6, 6.07) is -0.944. The molecule has 0 aromatic rings. The van der Waals surface area contributed by atoms with E-state index in [0.717, 1.165) is 51.4 Å². The third kappa shape index (κ3) is 35.7. The second-order valence-corrected chi connectivity index (χ2v) is 14.9. The van der Waals surface area contributed by atoms with Crippen molar-refractivity contribution in [2.75, 3.05) is 65.9 Å². The molecule has 54 heavy (non-hydrogen) atoms. The lowest BCUT2D eigenvalue weighted by Gasteiger charge is -2.24. The zero-order chi connectivity index (χ0) is 40.7. The standard InChI is InChI=1S/C38H69N3O13/c1-37(2,3)53-35(47)17-15-13-11-9-7-8-10-12-14-16-32(43)41-30(36(48)54-38(4,5)6)18-19-31(42)39-20-22-49-24-26-51-28-33(44)40-21-23-50-25-27-52-29-34(45)46/h30H,7-29H2,1-6H3,(H,39,42)(H,40,44)(H,41,43)(H,45,46)/t30-/m0/s1. The SMILES string of the molecule is CC(C)(C)OC(=O)CCCCCCCCCCCC(=O)N[C@@H](CCC(=O)NCCOCCOCC(=O)NCCOCCOCC(=O)O)C(=O)OC(C)(C)C. The molecule has 0 radical (unpaired) electrons. The number of unbranched alkanes of at least 4 members (excludes halogenated alkanes) is 8.